The summed E-state index contributed by atoms with van der Waals surface area (Å²) in [6, 6.07) is 15.4. The summed E-state index contributed by atoms with van der Waals surface area (Å²) < 4.78 is 66.0. The maximum atomic E-state index is 14.1. The highest BCUT2D eigenvalue weighted by Gasteiger charge is 2.65. The summed E-state index contributed by atoms with van der Waals surface area (Å²) in [5.74, 6) is -1.28. The van der Waals surface area contributed by atoms with Crippen LogP contribution in [0, 0.1) is 11.3 Å². The summed E-state index contributed by atoms with van der Waals surface area (Å²) in [6.07, 6.45) is -2.56. The normalized spacial score (nSPS) is 24.1. The Bertz CT molecular complexity index is 1630. The summed E-state index contributed by atoms with van der Waals surface area (Å²) in [5.41, 5.74) is -1.63. The van der Waals surface area contributed by atoms with Crippen molar-refractivity contribution < 1.29 is 36.0 Å². The average molecular weight is 711 g/mol. The monoisotopic (exact) mass is 710 g/mol. The smallest absolute Gasteiger partial charge is 0.341 e. The molecule has 2 aromatic carbocycles. The van der Waals surface area contributed by atoms with Gasteiger partial charge < -0.3 is 14.7 Å². The lowest BCUT2D eigenvalue weighted by molar-refractivity contribution is -0.248. The Morgan fingerprint density at radius 3 is 2.08 bits per heavy atom. The van der Waals surface area contributed by atoms with E-state index in [1.165, 1.54) is 21.9 Å². The molecule has 0 N–H and O–H groups in total. The molecule has 4 aliphatic rings. The number of sulfone groups is 1. The molecular formula is C34H42ClF3N4O5S. The number of benzene rings is 2. The Balaban J connectivity index is 0.00000451. The summed E-state index contributed by atoms with van der Waals surface area (Å²) in [6.45, 7) is 4.30. The number of urea groups is 1. The van der Waals surface area contributed by atoms with Gasteiger partial charge in [-0.15, -0.1) is 12.4 Å². The van der Waals surface area contributed by atoms with E-state index in [1.807, 2.05) is 37.3 Å². The molecule has 4 amide bonds. The van der Waals surface area contributed by atoms with E-state index in [1.54, 1.807) is 17.0 Å². The van der Waals surface area contributed by atoms with Gasteiger partial charge >= 0.3 is 12.2 Å². The fourth-order valence-corrected chi connectivity index (χ4v) is 8.69. The topological polar surface area (TPSA) is 98.3 Å². The van der Waals surface area contributed by atoms with Crippen LogP contribution in [-0.2, 0) is 26.0 Å². The first-order valence-electron chi connectivity index (χ1n) is 16.3. The van der Waals surface area contributed by atoms with Crippen LogP contribution in [0.1, 0.15) is 56.1 Å². The minimum Gasteiger partial charge on any atom is -0.341 e. The van der Waals surface area contributed by atoms with Gasteiger partial charge in [0, 0.05) is 51.4 Å². The van der Waals surface area contributed by atoms with Crippen molar-refractivity contribution in [2.45, 2.75) is 68.1 Å². The number of carbonyl (C=O) groups is 3. The van der Waals surface area contributed by atoms with Crippen LogP contribution in [0.5, 0.6) is 0 Å². The largest absolute Gasteiger partial charge is 0.403 e. The Labute approximate surface area is 285 Å². The molecule has 0 unspecified atom stereocenters. The van der Waals surface area contributed by atoms with Gasteiger partial charge in [-0.3, -0.25) is 14.5 Å². The Kier molecular flexibility index (Phi) is 9.99. The first-order chi connectivity index (χ1) is 22.2. The number of nitrogens with zero attached hydrogens (tertiary/aromatic N) is 4. The quantitative estimate of drug-likeness (QED) is 0.354. The second-order valence-electron chi connectivity index (χ2n) is 13.6. The molecule has 3 heterocycles. The number of alkyl halides is 3. The molecule has 0 aromatic heterocycles. The van der Waals surface area contributed by atoms with Gasteiger partial charge in [-0.25, -0.2) is 13.2 Å². The number of amides is 4. The van der Waals surface area contributed by atoms with Gasteiger partial charge in [0.1, 0.15) is 11.0 Å². The van der Waals surface area contributed by atoms with Crippen LogP contribution in [0.2, 0.25) is 0 Å². The second kappa shape index (κ2) is 13.3. The van der Waals surface area contributed by atoms with Gasteiger partial charge in [0.05, 0.1) is 11.4 Å². The number of rotatable bonds is 8. The molecule has 1 aliphatic carbocycles. The summed E-state index contributed by atoms with van der Waals surface area (Å²) in [4.78, 5) is 47.5. The second-order valence-corrected chi connectivity index (χ2v) is 15.6. The highest BCUT2D eigenvalue weighted by atomic mass is 35.5. The van der Waals surface area contributed by atoms with Crippen molar-refractivity contribution in [3.8, 4) is 0 Å². The molecule has 6 rings (SSSR count). The van der Waals surface area contributed by atoms with E-state index in [4.69, 9.17) is 0 Å². The number of hydrogen-bond donors (Lipinski definition) is 0. The van der Waals surface area contributed by atoms with E-state index in [0.29, 0.717) is 51.0 Å². The molecule has 48 heavy (non-hydrogen) atoms. The minimum absolute atomic E-state index is 0. The molecular weight excluding hydrogens is 669 g/mol. The van der Waals surface area contributed by atoms with Crippen molar-refractivity contribution in [3.05, 3.63) is 65.7 Å². The molecule has 262 valence electrons. The molecule has 2 aromatic rings. The third kappa shape index (κ3) is 6.22. The highest BCUT2D eigenvalue weighted by molar-refractivity contribution is 7.90. The maximum absolute atomic E-state index is 14.1. The summed E-state index contributed by atoms with van der Waals surface area (Å²) in [7, 11) is -3.38. The molecule has 0 bridgehead atoms. The zero-order valence-corrected chi connectivity index (χ0v) is 28.7. The van der Waals surface area contributed by atoms with Crippen molar-refractivity contribution in [3.63, 3.8) is 0 Å². The maximum Gasteiger partial charge on any atom is 0.403 e. The van der Waals surface area contributed by atoms with Crippen molar-refractivity contribution >= 4 is 40.1 Å². The van der Waals surface area contributed by atoms with Crippen molar-refractivity contribution in [1.29, 1.82) is 0 Å². The zero-order valence-electron chi connectivity index (χ0n) is 27.1. The summed E-state index contributed by atoms with van der Waals surface area (Å²) >= 11 is 0. The highest BCUT2D eigenvalue weighted by Crippen LogP contribution is 2.55. The lowest BCUT2D eigenvalue weighted by atomic mass is 9.67. The molecule has 1 spiro atoms. The van der Waals surface area contributed by atoms with Crippen LogP contribution in [0.3, 0.4) is 0 Å². The number of halogens is 4. The molecule has 4 fully saturated rings. The number of imide groups is 1. The van der Waals surface area contributed by atoms with E-state index in [9.17, 15) is 36.0 Å². The van der Waals surface area contributed by atoms with Gasteiger partial charge in [0.25, 0.3) is 5.91 Å². The van der Waals surface area contributed by atoms with Gasteiger partial charge in [0.2, 0.25) is 5.91 Å². The van der Waals surface area contributed by atoms with Gasteiger partial charge in [-0.05, 0) is 61.8 Å². The SMILES string of the molecule is CCN1C(=O)N(Cc2ccc(S(C)(=O)=O)cc2)C(=O)C12CCN(C[C@H]1CN(C(=O)C3(C(F)(F)F)CCC3)C[C@@H]1c1ccccc1)CC2.Cl. The van der Waals surface area contributed by atoms with Crippen LogP contribution >= 0.6 is 12.4 Å². The number of hydrogen-bond acceptors (Lipinski definition) is 6. The summed E-state index contributed by atoms with van der Waals surface area (Å²) in [5, 5.41) is 0. The lowest BCUT2D eigenvalue weighted by Crippen LogP contribution is -2.57. The Hall–Kier alpha value is -3.16. The van der Waals surface area contributed by atoms with Crippen LogP contribution in [0.15, 0.2) is 59.5 Å². The Morgan fingerprint density at radius 2 is 1.56 bits per heavy atom. The van der Waals surface area contributed by atoms with E-state index in [2.05, 4.69) is 4.90 Å². The number of carbonyl (C=O) groups excluding carboxylic acids is 3. The van der Waals surface area contributed by atoms with Crippen LogP contribution < -0.4 is 0 Å². The average Bonchev–Trinajstić information content (AvgIpc) is 3.50. The first-order valence-corrected chi connectivity index (χ1v) is 18.2. The van der Waals surface area contributed by atoms with E-state index >= 15 is 0 Å². The fourth-order valence-electron chi connectivity index (χ4n) is 8.06. The predicted molar refractivity (Wildman–Crippen MR) is 175 cm³/mol. The van der Waals surface area contributed by atoms with Crippen LogP contribution in [0.25, 0.3) is 0 Å². The molecule has 0 radical (unpaired) electrons. The van der Waals surface area contributed by atoms with Gasteiger partial charge in [0.15, 0.2) is 9.84 Å². The third-order valence-electron chi connectivity index (χ3n) is 10.9. The van der Waals surface area contributed by atoms with Gasteiger partial charge in [-0.1, -0.05) is 48.9 Å². The van der Waals surface area contributed by atoms with Crippen molar-refractivity contribution in [1.82, 2.24) is 19.6 Å². The van der Waals surface area contributed by atoms with E-state index in [-0.39, 0.29) is 73.6 Å². The Morgan fingerprint density at radius 1 is 0.938 bits per heavy atom. The predicted octanol–water partition coefficient (Wildman–Crippen LogP) is 5.11. The third-order valence-corrected chi connectivity index (χ3v) is 12.0. The molecule has 1 saturated carbocycles. The molecule has 9 nitrogen and oxygen atoms in total. The van der Waals surface area contributed by atoms with Crippen molar-refractivity contribution in [2.24, 2.45) is 11.3 Å². The standard InChI is InChI=1S/C34H41F3N4O5S.ClH/c1-3-41-31(44)40(20-24-10-12-27(13-11-24)47(2,45)46)30(43)33(41)16-18-38(19-17-33)21-26-22-39(23-28(26)25-8-5-4-6-9-25)29(42)32(14-7-15-32)34(35,36)37;/h4-6,8-13,26,28H,3,7,14-23H2,1-2H3;1H/t26-,28+;/m0./s1. The van der Waals surface area contributed by atoms with E-state index < -0.39 is 32.9 Å². The lowest BCUT2D eigenvalue weighted by Gasteiger charge is -2.44. The minimum atomic E-state index is -4.58. The number of likely N-dealkylation sites (N-methyl/N-ethyl adjacent to an activating group) is 1. The van der Waals surface area contributed by atoms with Crippen molar-refractivity contribution in [2.75, 3.05) is 45.5 Å². The molecule has 3 aliphatic heterocycles. The fraction of sp³-hybridized carbons (Fsp3) is 0.559. The van der Waals surface area contributed by atoms with Crippen LogP contribution in [-0.4, -0.2) is 103 Å². The zero-order chi connectivity index (χ0) is 33.8. The first kappa shape index (κ1) is 36.1. The number of likely N-dealkylation sites (tertiary alicyclic amines) is 2. The molecule has 2 atom stereocenters. The number of piperidine rings is 1. The van der Waals surface area contributed by atoms with E-state index in [0.717, 1.165) is 11.8 Å². The van der Waals surface area contributed by atoms with Crippen LogP contribution in [0.4, 0.5) is 18.0 Å². The van der Waals surface area contributed by atoms with Gasteiger partial charge in [-0.2, -0.15) is 13.2 Å². The molecule has 3 saturated heterocycles. The molecule has 14 heteroatoms.